The molecule has 0 spiro atoms. The SMILES string of the molecule is CN1CCC(O)CC1.FC(F)(F)c1csc(N2CCCC2)n1. The van der Waals surface area contributed by atoms with Crippen molar-refractivity contribution in [3.8, 4) is 0 Å². The first kappa shape index (κ1) is 17.5. The van der Waals surface area contributed by atoms with Gasteiger partial charge in [-0.25, -0.2) is 4.98 Å². The normalized spacial score (nSPS) is 20.9. The third-order valence-electron chi connectivity index (χ3n) is 3.85. The van der Waals surface area contributed by atoms with Crippen LogP contribution in [0.5, 0.6) is 0 Å². The summed E-state index contributed by atoms with van der Waals surface area (Å²) >= 11 is 1.07. The van der Waals surface area contributed by atoms with Gasteiger partial charge in [0.25, 0.3) is 0 Å². The molecular formula is C14H22F3N3OS. The number of piperidine rings is 1. The van der Waals surface area contributed by atoms with Gasteiger partial charge in [0.2, 0.25) is 0 Å². The molecule has 1 N–H and O–H groups in total. The van der Waals surface area contributed by atoms with Gasteiger partial charge in [0.05, 0.1) is 6.10 Å². The van der Waals surface area contributed by atoms with Crippen LogP contribution in [-0.2, 0) is 6.18 Å². The fraction of sp³-hybridized carbons (Fsp3) is 0.786. The highest BCUT2D eigenvalue weighted by atomic mass is 32.1. The third kappa shape index (κ3) is 5.10. The van der Waals surface area contributed by atoms with E-state index in [-0.39, 0.29) is 6.10 Å². The Balaban J connectivity index is 0.000000188. The Bertz CT molecular complexity index is 442. The molecule has 0 radical (unpaired) electrons. The number of aliphatic hydroxyl groups is 1. The second kappa shape index (κ2) is 7.61. The van der Waals surface area contributed by atoms with E-state index in [1.54, 1.807) is 0 Å². The number of likely N-dealkylation sites (tertiary alicyclic amines) is 1. The summed E-state index contributed by atoms with van der Waals surface area (Å²) in [5.74, 6) is 0. The van der Waals surface area contributed by atoms with Crippen LogP contribution in [0.15, 0.2) is 5.38 Å². The molecule has 2 saturated heterocycles. The van der Waals surface area contributed by atoms with Crippen LogP contribution in [-0.4, -0.2) is 54.3 Å². The second-order valence-electron chi connectivity index (χ2n) is 5.74. The highest BCUT2D eigenvalue weighted by Crippen LogP contribution is 2.33. The molecule has 3 rings (SSSR count). The summed E-state index contributed by atoms with van der Waals surface area (Å²) in [6.07, 6.45) is -0.338. The Morgan fingerprint density at radius 1 is 1.18 bits per heavy atom. The van der Waals surface area contributed by atoms with Crippen LogP contribution < -0.4 is 4.90 Å². The number of alkyl halides is 3. The maximum Gasteiger partial charge on any atom is 0.434 e. The van der Waals surface area contributed by atoms with Crippen LogP contribution in [0.4, 0.5) is 18.3 Å². The van der Waals surface area contributed by atoms with E-state index in [1.807, 2.05) is 4.90 Å². The van der Waals surface area contributed by atoms with Crippen molar-refractivity contribution >= 4 is 16.5 Å². The largest absolute Gasteiger partial charge is 0.434 e. The molecule has 126 valence electrons. The van der Waals surface area contributed by atoms with Crippen molar-refractivity contribution in [1.29, 1.82) is 0 Å². The second-order valence-corrected chi connectivity index (χ2v) is 6.58. The van der Waals surface area contributed by atoms with Gasteiger partial charge >= 0.3 is 6.18 Å². The lowest BCUT2D eigenvalue weighted by Crippen LogP contribution is -2.32. The maximum atomic E-state index is 12.2. The fourth-order valence-corrected chi connectivity index (χ4v) is 3.33. The van der Waals surface area contributed by atoms with Crippen molar-refractivity contribution in [1.82, 2.24) is 9.88 Å². The summed E-state index contributed by atoms with van der Waals surface area (Å²) in [5, 5.41) is 10.6. The van der Waals surface area contributed by atoms with Gasteiger partial charge in [-0.1, -0.05) is 0 Å². The Kier molecular flexibility index (Phi) is 6.05. The lowest BCUT2D eigenvalue weighted by Gasteiger charge is -2.25. The van der Waals surface area contributed by atoms with Crippen LogP contribution in [0.1, 0.15) is 31.4 Å². The fourth-order valence-electron chi connectivity index (χ4n) is 2.44. The van der Waals surface area contributed by atoms with E-state index in [4.69, 9.17) is 5.11 Å². The number of rotatable bonds is 1. The van der Waals surface area contributed by atoms with Gasteiger partial charge in [-0.15, -0.1) is 11.3 Å². The zero-order valence-corrected chi connectivity index (χ0v) is 13.5. The summed E-state index contributed by atoms with van der Waals surface area (Å²) < 4.78 is 36.6. The van der Waals surface area contributed by atoms with E-state index in [1.165, 1.54) is 0 Å². The maximum absolute atomic E-state index is 12.2. The molecule has 2 aliphatic rings. The molecule has 22 heavy (non-hydrogen) atoms. The van der Waals surface area contributed by atoms with Gasteiger partial charge in [-0.2, -0.15) is 13.2 Å². The van der Waals surface area contributed by atoms with Gasteiger partial charge in [-0.3, -0.25) is 0 Å². The van der Waals surface area contributed by atoms with Gasteiger partial charge < -0.3 is 14.9 Å². The highest BCUT2D eigenvalue weighted by Gasteiger charge is 2.34. The molecule has 3 heterocycles. The number of nitrogens with zero attached hydrogens (tertiary/aromatic N) is 3. The summed E-state index contributed by atoms with van der Waals surface area (Å²) in [5.41, 5.74) is -0.774. The lowest BCUT2D eigenvalue weighted by molar-refractivity contribution is -0.140. The van der Waals surface area contributed by atoms with E-state index in [2.05, 4.69) is 16.9 Å². The van der Waals surface area contributed by atoms with Crippen molar-refractivity contribution in [2.24, 2.45) is 0 Å². The van der Waals surface area contributed by atoms with Gasteiger partial charge in [0, 0.05) is 31.6 Å². The molecule has 4 nitrogen and oxygen atoms in total. The van der Waals surface area contributed by atoms with Crippen LogP contribution in [0.25, 0.3) is 0 Å². The van der Waals surface area contributed by atoms with Gasteiger partial charge in [0.1, 0.15) is 0 Å². The molecule has 0 aliphatic carbocycles. The molecular weight excluding hydrogens is 315 g/mol. The number of aliphatic hydroxyl groups excluding tert-OH is 1. The number of aromatic nitrogens is 1. The highest BCUT2D eigenvalue weighted by molar-refractivity contribution is 7.13. The van der Waals surface area contributed by atoms with Crippen LogP contribution in [0.3, 0.4) is 0 Å². The molecule has 0 amide bonds. The monoisotopic (exact) mass is 337 g/mol. The summed E-state index contributed by atoms with van der Waals surface area (Å²) in [6.45, 7) is 3.76. The molecule has 8 heteroatoms. The van der Waals surface area contributed by atoms with E-state index < -0.39 is 11.9 Å². The van der Waals surface area contributed by atoms with E-state index >= 15 is 0 Å². The summed E-state index contributed by atoms with van der Waals surface area (Å²) in [6, 6.07) is 0. The Morgan fingerprint density at radius 2 is 1.77 bits per heavy atom. The van der Waals surface area contributed by atoms with Crippen molar-refractivity contribution < 1.29 is 18.3 Å². The number of thiazole rings is 1. The molecule has 2 fully saturated rings. The number of halogens is 3. The predicted molar refractivity (Wildman–Crippen MR) is 81.3 cm³/mol. The van der Waals surface area contributed by atoms with Crippen LogP contribution >= 0.6 is 11.3 Å². The molecule has 0 saturated carbocycles. The average molecular weight is 337 g/mol. The standard InChI is InChI=1S/C8H9F3N2S.C6H13NO/c9-8(10,11)6-5-14-7(12-6)13-3-1-2-4-13;1-7-4-2-6(8)3-5-7/h5H,1-4H2;6,8H,2-5H2,1H3. The Hall–Kier alpha value is -0.860. The smallest absolute Gasteiger partial charge is 0.393 e. The molecule has 1 aromatic heterocycles. The number of hydrogen-bond donors (Lipinski definition) is 1. The topological polar surface area (TPSA) is 39.6 Å². The summed E-state index contributed by atoms with van der Waals surface area (Å²) in [4.78, 5) is 7.73. The molecule has 0 unspecified atom stereocenters. The quantitative estimate of drug-likeness (QED) is 0.855. The lowest BCUT2D eigenvalue weighted by atomic mass is 10.1. The first-order valence-electron chi connectivity index (χ1n) is 7.50. The van der Waals surface area contributed by atoms with Gasteiger partial charge in [0.15, 0.2) is 10.8 Å². The molecule has 2 aliphatic heterocycles. The Morgan fingerprint density at radius 3 is 2.23 bits per heavy atom. The van der Waals surface area contributed by atoms with E-state index in [0.717, 1.165) is 68.6 Å². The average Bonchev–Trinajstić information content (AvgIpc) is 3.11. The van der Waals surface area contributed by atoms with E-state index in [9.17, 15) is 13.2 Å². The Labute approximate surface area is 132 Å². The van der Waals surface area contributed by atoms with Crippen molar-refractivity contribution in [2.45, 2.75) is 38.0 Å². The van der Waals surface area contributed by atoms with Gasteiger partial charge in [-0.05, 0) is 32.7 Å². The zero-order chi connectivity index (χ0) is 16.2. The molecule has 0 aromatic carbocycles. The summed E-state index contributed by atoms with van der Waals surface area (Å²) in [7, 11) is 2.09. The predicted octanol–water partition coefficient (Wildman–Crippen LogP) is 2.84. The first-order chi connectivity index (χ1) is 10.4. The van der Waals surface area contributed by atoms with E-state index in [0.29, 0.717) is 5.13 Å². The minimum atomic E-state index is -4.31. The number of anilines is 1. The first-order valence-corrected chi connectivity index (χ1v) is 8.38. The zero-order valence-electron chi connectivity index (χ0n) is 12.6. The van der Waals surface area contributed by atoms with Crippen molar-refractivity contribution in [3.05, 3.63) is 11.1 Å². The third-order valence-corrected chi connectivity index (χ3v) is 4.75. The number of hydrogen-bond acceptors (Lipinski definition) is 5. The molecule has 1 aromatic rings. The molecule has 0 atom stereocenters. The van der Waals surface area contributed by atoms with Crippen molar-refractivity contribution in [3.63, 3.8) is 0 Å². The van der Waals surface area contributed by atoms with Crippen LogP contribution in [0.2, 0.25) is 0 Å². The van der Waals surface area contributed by atoms with Crippen molar-refractivity contribution in [2.75, 3.05) is 38.1 Å². The van der Waals surface area contributed by atoms with Crippen LogP contribution in [0, 0.1) is 0 Å². The minimum absolute atomic E-state index is 0.0220. The minimum Gasteiger partial charge on any atom is -0.393 e. The molecule has 0 bridgehead atoms.